The average Bonchev–Trinajstić information content (AvgIpc) is 3.29. The van der Waals surface area contributed by atoms with Crippen LogP contribution in [-0.4, -0.2) is 53.2 Å². The Morgan fingerprint density at radius 3 is 2.71 bits per heavy atom. The van der Waals surface area contributed by atoms with Gasteiger partial charge in [0, 0.05) is 19.1 Å². The van der Waals surface area contributed by atoms with E-state index in [1.165, 1.54) is 9.47 Å². The molecule has 2 aromatic rings. The van der Waals surface area contributed by atoms with Crippen LogP contribution >= 0.6 is 0 Å². The molecule has 1 atom stereocenters. The van der Waals surface area contributed by atoms with E-state index in [1.807, 2.05) is 25.1 Å². The molecule has 3 heterocycles. The number of aromatic nitrogens is 2. The van der Waals surface area contributed by atoms with E-state index in [0.29, 0.717) is 19.8 Å². The maximum Gasteiger partial charge on any atom is 0.330 e. The Morgan fingerprint density at radius 2 is 1.97 bits per heavy atom. The summed E-state index contributed by atoms with van der Waals surface area (Å²) in [6.07, 6.45) is 3.49. The number of ether oxygens (including phenoxy) is 2. The van der Waals surface area contributed by atoms with Crippen molar-refractivity contribution in [2.24, 2.45) is 0 Å². The van der Waals surface area contributed by atoms with E-state index in [-0.39, 0.29) is 36.5 Å². The summed E-state index contributed by atoms with van der Waals surface area (Å²) >= 11 is 0. The number of amides is 1. The number of hydrogen-bond donors (Lipinski definition) is 2. The van der Waals surface area contributed by atoms with Crippen LogP contribution in [0.3, 0.4) is 0 Å². The van der Waals surface area contributed by atoms with Crippen LogP contribution in [0.4, 0.5) is 11.5 Å². The molecule has 1 saturated heterocycles. The number of benzene rings is 1. The molecule has 10 nitrogen and oxygen atoms in total. The van der Waals surface area contributed by atoms with Gasteiger partial charge in [-0.1, -0.05) is 19.4 Å². The molecular weight excluding hydrogens is 438 g/mol. The molecule has 0 saturated carbocycles. The summed E-state index contributed by atoms with van der Waals surface area (Å²) < 4.78 is 12.7. The Balaban J connectivity index is 1.56. The summed E-state index contributed by atoms with van der Waals surface area (Å²) in [7, 11) is 0. The zero-order valence-corrected chi connectivity index (χ0v) is 19.8. The number of unbranched alkanes of at least 4 members (excludes halogenated alkanes) is 1. The fourth-order valence-corrected chi connectivity index (χ4v) is 4.75. The van der Waals surface area contributed by atoms with Gasteiger partial charge in [0.25, 0.3) is 5.56 Å². The van der Waals surface area contributed by atoms with E-state index in [2.05, 4.69) is 9.88 Å². The molecule has 1 aromatic carbocycles. The molecule has 4 rings (SSSR count). The van der Waals surface area contributed by atoms with Gasteiger partial charge in [-0.3, -0.25) is 24.0 Å². The molecule has 1 aromatic heterocycles. The lowest BCUT2D eigenvalue weighted by Crippen LogP contribution is -2.45. The molecule has 10 heteroatoms. The van der Waals surface area contributed by atoms with Gasteiger partial charge < -0.3 is 20.1 Å². The number of nitrogen functional groups attached to an aromatic ring is 1. The van der Waals surface area contributed by atoms with E-state index in [4.69, 9.17) is 15.2 Å². The second-order valence-electron chi connectivity index (χ2n) is 8.67. The van der Waals surface area contributed by atoms with Crippen molar-refractivity contribution < 1.29 is 14.3 Å². The summed E-state index contributed by atoms with van der Waals surface area (Å²) in [6.45, 7) is 6.41. The first-order valence-corrected chi connectivity index (χ1v) is 12.0. The van der Waals surface area contributed by atoms with Crippen molar-refractivity contribution in [3.05, 3.63) is 44.6 Å². The molecule has 0 radical (unpaired) electrons. The van der Waals surface area contributed by atoms with E-state index in [9.17, 15) is 14.4 Å². The van der Waals surface area contributed by atoms with Crippen LogP contribution in [-0.2, 0) is 11.3 Å². The second kappa shape index (κ2) is 10.3. The Hall–Kier alpha value is -3.27. The van der Waals surface area contributed by atoms with E-state index in [1.54, 1.807) is 6.92 Å². The monoisotopic (exact) mass is 471 g/mol. The molecule has 2 aliphatic rings. The average molecular weight is 472 g/mol. The molecule has 0 bridgehead atoms. The number of carbonyl (C=O) groups is 1. The van der Waals surface area contributed by atoms with Gasteiger partial charge in [-0.05, 0) is 50.4 Å². The van der Waals surface area contributed by atoms with Gasteiger partial charge in [0.1, 0.15) is 19.0 Å². The maximum atomic E-state index is 13.4. The number of likely N-dealkylation sites (tertiary alicyclic amines) is 1. The van der Waals surface area contributed by atoms with Gasteiger partial charge in [-0.25, -0.2) is 4.79 Å². The molecule has 34 heavy (non-hydrogen) atoms. The van der Waals surface area contributed by atoms with Gasteiger partial charge >= 0.3 is 5.69 Å². The predicted octanol–water partition coefficient (Wildman–Crippen LogP) is 1.88. The van der Waals surface area contributed by atoms with E-state index >= 15 is 0 Å². The molecule has 3 N–H and O–H groups in total. The topological polar surface area (TPSA) is 123 Å². The minimum absolute atomic E-state index is 0.0298. The zero-order chi connectivity index (χ0) is 24.2. The third kappa shape index (κ3) is 4.68. The van der Waals surface area contributed by atoms with Crippen molar-refractivity contribution in [1.82, 2.24) is 14.5 Å². The molecule has 1 fully saturated rings. The van der Waals surface area contributed by atoms with Crippen molar-refractivity contribution in [1.29, 1.82) is 0 Å². The van der Waals surface area contributed by atoms with Gasteiger partial charge in [0.05, 0.1) is 6.54 Å². The van der Waals surface area contributed by atoms with Crippen molar-refractivity contribution in [2.45, 2.75) is 52.1 Å². The standard InChI is InChI=1S/C24H33N5O5/c1-3-5-11-29-22(25)21(23(31)26-24(29)32)28(4-2)20(30)15-27-10-6-7-17(27)16-8-9-18-19(14-16)34-13-12-33-18/h8-9,14,17H,3-7,10-13,15,25H2,1-2H3,(H,26,31,32)/t17-/m1/s1. The minimum Gasteiger partial charge on any atom is -0.486 e. The highest BCUT2D eigenvalue weighted by molar-refractivity contribution is 5.96. The smallest absolute Gasteiger partial charge is 0.330 e. The number of likely N-dealkylation sites (N-methyl/N-ethyl adjacent to an activating group) is 1. The van der Waals surface area contributed by atoms with Crippen molar-refractivity contribution in [3.63, 3.8) is 0 Å². The number of H-pyrrole nitrogens is 1. The third-order valence-electron chi connectivity index (χ3n) is 6.49. The van der Waals surface area contributed by atoms with Crippen LogP contribution in [0.5, 0.6) is 11.5 Å². The Bertz CT molecular complexity index is 1160. The largest absolute Gasteiger partial charge is 0.486 e. The molecule has 0 unspecified atom stereocenters. The van der Waals surface area contributed by atoms with Crippen LogP contribution in [0, 0.1) is 0 Å². The van der Waals surface area contributed by atoms with Gasteiger partial charge in [-0.15, -0.1) is 0 Å². The number of anilines is 2. The SMILES string of the molecule is CCCCn1c(N)c(N(CC)C(=O)CN2CCC[C@@H]2c2ccc3c(c2)OCCO3)c(=O)[nH]c1=O. The first kappa shape index (κ1) is 23.9. The van der Waals surface area contributed by atoms with Crippen LogP contribution in [0.15, 0.2) is 27.8 Å². The lowest BCUT2D eigenvalue weighted by Gasteiger charge is -2.29. The highest BCUT2D eigenvalue weighted by atomic mass is 16.6. The fourth-order valence-electron chi connectivity index (χ4n) is 4.75. The quantitative estimate of drug-likeness (QED) is 0.603. The summed E-state index contributed by atoms with van der Waals surface area (Å²) in [5, 5.41) is 0. The number of hydrogen-bond acceptors (Lipinski definition) is 7. The van der Waals surface area contributed by atoms with E-state index in [0.717, 1.165) is 49.3 Å². The minimum atomic E-state index is -0.643. The number of rotatable bonds is 8. The molecule has 1 amide bonds. The zero-order valence-electron chi connectivity index (χ0n) is 19.8. The Morgan fingerprint density at radius 1 is 1.21 bits per heavy atom. The number of aromatic amines is 1. The van der Waals surface area contributed by atoms with Gasteiger partial charge in [-0.2, -0.15) is 0 Å². The summed E-state index contributed by atoms with van der Waals surface area (Å²) in [5.74, 6) is 1.26. The number of fused-ring (bicyclic) bond motifs is 1. The maximum absolute atomic E-state index is 13.4. The third-order valence-corrected chi connectivity index (χ3v) is 6.49. The van der Waals surface area contributed by atoms with Crippen LogP contribution < -0.4 is 31.4 Å². The lowest BCUT2D eigenvalue weighted by atomic mass is 10.0. The first-order chi connectivity index (χ1) is 16.4. The predicted molar refractivity (Wildman–Crippen MR) is 130 cm³/mol. The van der Waals surface area contributed by atoms with Crippen LogP contribution in [0.2, 0.25) is 0 Å². The Kier molecular flexibility index (Phi) is 7.26. The van der Waals surface area contributed by atoms with E-state index < -0.39 is 11.2 Å². The van der Waals surface area contributed by atoms with Crippen LogP contribution in [0.25, 0.3) is 0 Å². The molecule has 184 valence electrons. The van der Waals surface area contributed by atoms with Crippen LogP contribution in [0.1, 0.15) is 51.1 Å². The molecule has 0 aliphatic carbocycles. The first-order valence-electron chi connectivity index (χ1n) is 12.0. The number of nitrogens with one attached hydrogen (secondary N) is 1. The Labute approximate surface area is 198 Å². The van der Waals surface area contributed by atoms with Gasteiger partial charge in [0.2, 0.25) is 5.91 Å². The molecular formula is C24H33N5O5. The molecule has 2 aliphatic heterocycles. The second-order valence-corrected chi connectivity index (χ2v) is 8.67. The number of nitrogens with two attached hydrogens (primary N) is 1. The summed E-state index contributed by atoms with van der Waals surface area (Å²) in [6, 6.07) is 5.99. The summed E-state index contributed by atoms with van der Waals surface area (Å²) in [5.41, 5.74) is 6.16. The number of carbonyl (C=O) groups excluding carboxylic acids is 1. The molecule has 0 spiro atoms. The van der Waals surface area contributed by atoms with Crippen molar-refractivity contribution >= 4 is 17.4 Å². The fraction of sp³-hybridized carbons (Fsp3) is 0.542. The van der Waals surface area contributed by atoms with Gasteiger partial charge in [0.15, 0.2) is 17.2 Å². The highest BCUT2D eigenvalue weighted by Crippen LogP contribution is 2.38. The lowest BCUT2D eigenvalue weighted by molar-refractivity contribution is -0.120. The number of nitrogens with zero attached hydrogens (tertiary/aromatic N) is 3. The van der Waals surface area contributed by atoms with Crippen molar-refractivity contribution in [3.8, 4) is 11.5 Å². The highest BCUT2D eigenvalue weighted by Gasteiger charge is 2.31. The summed E-state index contributed by atoms with van der Waals surface area (Å²) in [4.78, 5) is 44.2. The van der Waals surface area contributed by atoms with Crippen molar-refractivity contribution in [2.75, 3.05) is 43.5 Å². The normalized spacial score (nSPS) is 17.6.